The lowest BCUT2D eigenvalue weighted by molar-refractivity contribution is 1.74. The van der Waals surface area contributed by atoms with Crippen molar-refractivity contribution >= 4 is 44.7 Å². The van der Waals surface area contributed by atoms with Gasteiger partial charge < -0.3 is 0 Å². The first-order valence-corrected chi connectivity index (χ1v) is 5.61. The molecule has 0 aliphatic heterocycles. The van der Waals surface area contributed by atoms with Crippen molar-refractivity contribution in [3.63, 3.8) is 0 Å². The number of hydrogen-bond acceptors (Lipinski definition) is 0. The predicted octanol–water partition coefficient (Wildman–Crippen LogP) is 4.90. The first-order valence-electron chi connectivity index (χ1n) is 4.85. The maximum atomic E-state index is 6.21. The van der Waals surface area contributed by atoms with Gasteiger partial charge in [0.1, 0.15) is 0 Å². The molecule has 0 N–H and O–H groups in total. The zero-order valence-electron chi connectivity index (χ0n) is 8.22. The Labute approximate surface area is 103 Å². The van der Waals surface area contributed by atoms with Gasteiger partial charge >= 0.3 is 0 Å². The lowest BCUT2D eigenvalue weighted by Gasteiger charge is -2.05. The van der Waals surface area contributed by atoms with Crippen LogP contribution < -0.4 is 0 Å². The fraction of sp³-hybridized carbons (Fsp3) is 0. The van der Waals surface area contributed by atoms with Gasteiger partial charge in [0.15, 0.2) is 0 Å². The summed E-state index contributed by atoms with van der Waals surface area (Å²) in [4.78, 5) is 0. The molecule has 0 heterocycles. The molecule has 3 rings (SSSR count). The molecule has 2 heteroatoms. The number of benzene rings is 3. The van der Waals surface area contributed by atoms with E-state index in [9.17, 15) is 0 Å². The number of fused-ring (bicyclic) bond motifs is 3. The molecule has 16 heavy (non-hydrogen) atoms. The lowest BCUT2D eigenvalue weighted by atomic mass is 10.0. The summed E-state index contributed by atoms with van der Waals surface area (Å²) in [6.07, 6.45) is 0. The Bertz CT molecular complexity index is 687. The van der Waals surface area contributed by atoms with E-state index < -0.39 is 0 Å². The molecule has 0 aliphatic carbocycles. The fourth-order valence-corrected chi connectivity index (χ4v) is 2.33. The van der Waals surface area contributed by atoms with Crippen molar-refractivity contribution in [3.8, 4) is 0 Å². The van der Waals surface area contributed by atoms with Crippen LogP contribution in [0.2, 0.25) is 10.0 Å². The summed E-state index contributed by atoms with van der Waals surface area (Å²) in [5.74, 6) is 0. The van der Waals surface area contributed by atoms with Crippen LogP contribution in [0.15, 0.2) is 36.4 Å². The lowest BCUT2D eigenvalue weighted by Crippen LogP contribution is -1.79. The second-order valence-electron chi connectivity index (χ2n) is 3.60. The molecule has 3 aromatic carbocycles. The Kier molecular flexibility index (Phi) is 2.27. The molecule has 0 saturated heterocycles. The number of rotatable bonds is 0. The Morgan fingerprint density at radius 1 is 0.938 bits per heavy atom. The van der Waals surface area contributed by atoms with Crippen molar-refractivity contribution in [1.29, 1.82) is 0 Å². The van der Waals surface area contributed by atoms with Gasteiger partial charge in [-0.1, -0.05) is 41.4 Å². The van der Waals surface area contributed by atoms with E-state index in [1.54, 1.807) is 0 Å². The van der Waals surface area contributed by atoms with Gasteiger partial charge in [0.05, 0.1) is 0 Å². The van der Waals surface area contributed by atoms with E-state index in [4.69, 9.17) is 23.2 Å². The van der Waals surface area contributed by atoms with Crippen LogP contribution in [0.3, 0.4) is 0 Å². The largest absolute Gasteiger partial charge is 0.0836 e. The number of halogens is 2. The molecule has 76 valence electrons. The van der Waals surface area contributed by atoms with Gasteiger partial charge in [0.25, 0.3) is 0 Å². The third-order valence-corrected chi connectivity index (χ3v) is 3.16. The highest BCUT2D eigenvalue weighted by atomic mass is 35.5. The van der Waals surface area contributed by atoms with Crippen LogP contribution in [-0.2, 0) is 0 Å². The summed E-state index contributed by atoms with van der Waals surface area (Å²) < 4.78 is 0. The minimum absolute atomic E-state index is 0.602. The van der Waals surface area contributed by atoms with Gasteiger partial charge in [-0.15, -0.1) is 0 Å². The van der Waals surface area contributed by atoms with Gasteiger partial charge in [-0.3, -0.25) is 0 Å². The molecule has 0 aliphatic rings. The highest BCUT2D eigenvalue weighted by molar-refractivity contribution is 6.38. The molecule has 0 bridgehead atoms. The van der Waals surface area contributed by atoms with Crippen molar-refractivity contribution < 1.29 is 0 Å². The van der Waals surface area contributed by atoms with Crippen molar-refractivity contribution in [2.24, 2.45) is 0 Å². The second kappa shape index (κ2) is 3.65. The maximum absolute atomic E-state index is 6.21. The van der Waals surface area contributed by atoms with E-state index in [-0.39, 0.29) is 0 Å². The molecular weight excluding hydrogens is 239 g/mol. The van der Waals surface area contributed by atoms with Gasteiger partial charge in [-0.25, -0.2) is 0 Å². The van der Waals surface area contributed by atoms with Crippen LogP contribution in [0.5, 0.6) is 0 Å². The van der Waals surface area contributed by atoms with E-state index in [2.05, 4.69) is 12.1 Å². The van der Waals surface area contributed by atoms with Gasteiger partial charge in [0.2, 0.25) is 0 Å². The first kappa shape index (κ1) is 9.95. The van der Waals surface area contributed by atoms with Gasteiger partial charge in [-0.05, 0) is 40.4 Å². The zero-order chi connectivity index (χ0) is 11.1. The Hall–Kier alpha value is -1.24. The van der Waals surface area contributed by atoms with E-state index in [0.717, 1.165) is 21.5 Å². The Morgan fingerprint density at radius 2 is 1.81 bits per heavy atom. The van der Waals surface area contributed by atoms with Crippen molar-refractivity contribution in [2.45, 2.75) is 0 Å². The standard InChI is InChI=1S/C14H6Cl2/c15-10-5-6-11-9(7-10)8-14(16)13-4-2-1-3-12(11)13/h1,3-6,8H. The smallest absolute Gasteiger partial charge is 0.0491 e. The molecule has 0 fully saturated rings. The molecule has 0 unspecified atom stereocenters. The van der Waals surface area contributed by atoms with E-state index in [0.29, 0.717) is 10.0 Å². The van der Waals surface area contributed by atoms with E-state index in [1.165, 1.54) is 0 Å². The van der Waals surface area contributed by atoms with Gasteiger partial charge in [-0.2, -0.15) is 0 Å². The highest BCUT2D eigenvalue weighted by Gasteiger charge is 2.05. The summed E-state index contributed by atoms with van der Waals surface area (Å²) in [5.41, 5.74) is 0. The molecular formula is C14H6Cl2. The molecule has 0 amide bonds. The van der Waals surface area contributed by atoms with Crippen LogP contribution in [0, 0.1) is 12.1 Å². The predicted molar refractivity (Wildman–Crippen MR) is 69.1 cm³/mol. The first-order chi connectivity index (χ1) is 7.75. The topological polar surface area (TPSA) is 0 Å². The molecule has 0 aromatic heterocycles. The van der Waals surface area contributed by atoms with Crippen LogP contribution in [0.4, 0.5) is 0 Å². The minimum Gasteiger partial charge on any atom is -0.0836 e. The molecule has 0 nitrogen and oxygen atoms in total. The SMILES string of the molecule is Clc1[c]c2cc(Cl)c3c[c]ccc3c2cc1. The summed E-state index contributed by atoms with van der Waals surface area (Å²) in [6.45, 7) is 0. The van der Waals surface area contributed by atoms with Crippen LogP contribution in [-0.4, -0.2) is 0 Å². The Morgan fingerprint density at radius 3 is 2.69 bits per heavy atom. The van der Waals surface area contributed by atoms with Crippen molar-refractivity contribution in [2.75, 3.05) is 0 Å². The summed E-state index contributed by atoms with van der Waals surface area (Å²) in [5, 5.41) is 5.47. The normalized spacial score (nSPS) is 11.1. The van der Waals surface area contributed by atoms with Crippen molar-refractivity contribution in [1.82, 2.24) is 0 Å². The number of hydrogen-bond donors (Lipinski definition) is 0. The van der Waals surface area contributed by atoms with Crippen LogP contribution >= 0.6 is 23.2 Å². The molecule has 0 saturated carbocycles. The quantitative estimate of drug-likeness (QED) is 0.494. The molecule has 0 spiro atoms. The van der Waals surface area contributed by atoms with Gasteiger partial charge in [0, 0.05) is 21.5 Å². The third kappa shape index (κ3) is 1.46. The third-order valence-electron chi connectivity index (χ3n) is 2.62. The van der Waals surface area contributed by atoms with Crippen LogP contribution in [0.25, 0.3) is 21.5 Å². The average Bonchev–Trinajstić information content (AvgIpc) is 2.29. The summed E-state index contributed by atoms with van der Waals surface area (Å²) >= 11 is 12.1. The summed E-state index contributed by atoms with van der Waals surface area (Å²) in [7, 11) is 0. The summed E-state index contributed by atoms with van der Waals surface area (Å²) in [6, 6.07) is 17.6. The average molecular weight is 245 g/mol. The molecule has 3 aromatic rings. The van der Waals surface area contributed by atoms with E-state index >= 15 is 0 Å². The maximum Gasteiger partial charge on any atom is 0.0491 e. The highest BCUT2D eigenvalue weighted by Crippen LogP contribution is 2.32. The van der Waals surface area contributed by atoms with Crippen LogP contribution in [0.1, 0.15) is 0 Å². The Balaban J connectivity index is 2.59. The minimum atomic E-state index is 0.602. The zero-order valence-corrected chi connectivity index (χ0v) is 9.73. The molecule has 0 atom stereocenters. The monoisotopic (exact) mass is 244 g/mol. The fourth-order valence-electron chi connectivity index (χ4n) is 1.90. The molecule has 2 radical (unpaired) electrons. The van der Waals surface area contributed by atoms with Crippen molar-refractivity contribution in [3.05, 3.63) is 58.6 Å². The van der Waals surface area contributed by atoms with E-state index in [1.807, 2.05) is 36.4 Å². The second-order valence-corrected chi connectivity index (χ2v) is 4.41.